The van der Waals surface area contributed by atoms with Crippen molar-refractivity contribution in [3.63, 3.8) is 0 Å². The zero-order chi connectivity index (χ0) is 15.5. The highest BCUT2D eigenvalue weighted by Crippen LogP contribution is 2.20. The van der Waals surface area contributed by atoms with Crippen molar-refractivity contribution in [1.82, 2.24) is 4.90 Å². The lowest BCUT2D eigenvalue weighted by molar-refractivity contribution is 0.0599. The normalized spacial score (nSPS) is 20.1. The molecule has 1 amide bonds. The molecule has 1 saturated heterocycles. The van der Waals surface area contributed by atoms with Crippen molar-refractivity contribution in [3.8, 4) is 0 Å². The summed E-state index contributed by atoms with van der Waals surface area (Å²) in [6.45, 7) is 0.602. The van der Waals surface area contributed by atoms with Gasteiger partial charge in [-0.1, -0.05) is 12.8 Å². The fourth-order valence-corrected chi connectivity index (χ4v) is 3.28. The summed E-state index contributed by atoms with van der Waals surface area (Å²) in [7, 11) is -3.26. The first kappa shape index (κ1) is 16.0. The largest absolute Gasteiger partial charge is 0.394 e. The highest BCUT2D eigenvalue weighted by Gasteiger charge is 2.25. The molecule has 116 valence electrons. The Balaban J connectivity index is 2.22. The molecule has 1 fully saturated rings. The van der Waals surface area contributed by atoms with Crippen molar-refractivity contribution in [2.24, 2.45) is 0 Å². The standard InChI is InChI=1S/C15H21NO4S/c1-21(19,20)14-8-6-12(7-9-14)15(18)16-10-4-2-3-5-13(16)11-17/h6-9,13,17H,2-5,10-11H2,1H3. The second-order valence-corrected chi connectivity index (χ2v) is 7.50. The number of nitrogens with zero attached hydrogens (tertiary/aromatic N) is 1. The molecule has 1 heterocycles. The predicted molar refractivity (Wildman–Crippen MR) is 79.9 cm³/mol. The minimum absolute atomic E-state index is 0.0346. The van der Waals surface area contributed by atoms with Gasteiger partial charge in [-0.3, -0.25) is 4.79 Å². The van der Waals surface area contributed by atoms with Crippen LogP contribution in [-0.2, 0) is 9.84 Å². The van der Waals surface area contributed by atoms with Gasteiger partial charge in [-0.25, -0.2) is 8.42 Å². The summed E-state index contributed by atoms with van der Waals surface area (Å²) in [4.78, 5) is 14.5. The van der Waals surface area contributed by atoms with Crippen LogP contribution >= 0.6 is 0 Å². The van der Waals surface area contributed by atoms with Crippen molar-refractivity contribution in [1.29, 1.82) is 0 Å². The Morgan fingerprint density at radius 1 is 1.24 bits per heavy atom. The van der Waals surface area contributed by atoms with Crippen molar-refractivity contribution in [3.05, 3.63) is 29.8 Å². The highest BCUT2D eigenvalue weighted by atomic mass is 32.2. The molecule has 1 aliphatic heterocycles. The molecule has 0 saturated carbocycles. The quantitative estimate of drug-likeness (QED) is 0.917. The van der Waals surface area contributed by atoms with Gasteiger partial charge in [0.15, 0.2) is 9.84 Å². The Bertz CT molecular complexity index is 595. The van der Waals surface area contributed by atoms with Crippen LogP contribution in [0, 0.1) is 0 Å². The monoisotopic (exact) mass is 311 g/mol. The Morgan fingerprint density at radius 3 is 2.48 bits per heavy atom. The van der Waals surface area contributed by atoms with Gasteiger partial charge < -0.3 is 10.0 Å². The van der Waals surface area contributed by atoms with E-state index in [0.717, 1.165) is 31.9 Å². The van der Waals surface area contributed by atoms with Gasteiger partial charge in [0, 0.05) is 18.4 Å². The lowest BCUT2D eigenvalue weighted by Gasteiger charge is -2.28. The third-order valence-electron chi connectivity index (χ3n) is 3.88. The van der Waals surface area contributed by atoms with Crippen LogP contribution in [0.5, 0.6) is 0 Å². The van der Waals surface area contributed by atoms with Gasteiger partial charge in [0.25, 0.3) is 5.91 Å². The number of carbonyl (C=O) groups excluding carboxylic acids is 1. The Labute approximate surface area is 125 Å². The number of sulfone groups is 1. The third kappa shape index (κ3) is 3.83. The van der Waals surface area contributed by atoms with Crippen LogP contribution in [0.1, 0.15) is 36.0 Å². The molecular weight excluding hydrogens is 290 g/mol. The predicted octanol–water partition coefficient (Wildman–Crippen LogP) is 1.47. The summed E-state index contributed by atoms with van der Waals surface area (Å²) in [6.07, 6.45) is 4.96. The summed E-state index contributed by atoms with van der Waals surface area (Å²) in [5.41, 5.74) is 0.461. The molecule has 2 rings (SSSR count). The molecule has 1 unspecified atom stereocenters. The van der Waals surface area contributed by atoms with E-state index in [9.17, 15) is 18.3 Å². The minimum Gasteiger partial charge on any atom is -0.394 e. The zero-order valence-corrected chi connectivity index (χ0v) is 13.0. The number of likely N-dealkylation sites (tertiary alicyclic amines) is 1. The van der Waals surface area contributed by atoms with Gasteiger partial charge in [-0.2, -0.15) is 0 Å². The maximum absolute atomic E-state index is 12.5. The number of benzene rings is 1. The van der Waals surface area contributed by atoms with Gasteiger partial charge in [-0.05, 0) is 37.1 Å². The van der Waals surface area contributed by atoms with Gasteiger partial charge >= 0.3 is 0 Å². The maximum Gasteiger partial charge on any atom is 0.254 e. The summed E-state index contributed by atoms with van der Waals surface area (Å²) in [6, 6.07) is 5.84. The average Bonchev–Trinajstić information content (AvgIpc) is 2.70. The highest BCUT2D eigenvalue weighted by molar-refractivity contribution is 7.90. The number of amides is 1. The number of carbonyl (C=O) groups is 1. The molecule has 1 aromatic carbocycles. The Kier molecular flexibility index (Phi) is 5.00. The molecular formula is C15H21NO4S. The lowest BCUT2D eigenvalue weighted by atomic mass is 10.1. The van der Waals surface area contributed by atoms with Crippen LogP contribution in [0.4, 0.5) is 0 Å². The molecule has 6 heteroatoms. The summed E-state index contributed by atoms with van der Waals surface area (Å²) < 4.78 is 22.9. The number of aliphatic hydroxyl groups excluding tert-OH is 1. The van der Waals surface area contributed by atoms with Crippen LogP contribution in [0.2, 0.25) is 0 Å². The van der Waals surface area contributed by atoms with Crippen molar-refractivity contribution in [2.45, 2.75) is 36.6 Å². The van der Waals surface area contributed by atoms with E-state index in [-0.39, 0.29) is 23.5 Å². The first-order valence-electron chi connectivity index (χ1n) is 7.15. The second kappa shape index (κ2) is 6.58. The molecule has 5 nitrogen and oxygen atoms in total. The Hall–Kier alpha value is -1.40. The van der Waals surface area contributed by atoms with Crippen LogP contribution in [-0.4, -0.2) is 49.8 Å². The van der Waals surface area contributed by atoms with Crippen LogP contribution in [0.3, 0.4) is 0 Å². The van der Waals surface area contributed by atoms with Crippen molar-refractivity contribution in [2.75, 3.05) is 19.4 Å². The molecule has 1 N–H and O–H groups in total. The molecule has 21 heavy (non-hydrogen) atoms. The SMILES string of the molecule is CS(=O)(=O)c1ccc(C(=O)N2CCCCCC2CO)cc1. The molecule has 0 aliphatic carbocycles. The summed E-state index contributed by atoms with van der Waals surface area (Å²) in [5.74, 6) is -0.143. The molecule has 0 spiro atoms. The van der Waals surface area contributed by atoms with E-state index in [4.69, 9.17) is 0 Å². The molecule has 1 aliphatic rings. The third-order valence-corrected chi connectivity index (χ3v) is 5.01. The number of rotatable bonds is 3. The fourth-order valence-electron chi connectivity index (χ4n) is 2.65. The molecule has 0 radical (unpaired) electrons. The number of aliphatic hydroxyl groups is 1. The van der Waals surface area contributed by atoms with E-state index < -0.39 is 9.84 Å². The lowest BCUT2D eigenvalue weighted by Crippen LogP contribution is -2.42. The fraction of sp³-hybridized carbons (Fsp3) is 0.533. The maximum atomic E-state index is 12.5. The first-order chi connectivity index (χ1) is 9.93. The van der Waals surface area contributed by atoms with E-state index >= 15 is 0 Å². The zero-order valence-electron chi connectivity index (χ0n) is 12.2. The van der Waals surface area contributed by atoms with E-state index in [1.165, 1.54) is 24.3 Å². The minimum atomic E-state index is -3.26. The molecule has 1 aromatic rings. The number of hydrogen-bond acceptors (Lipinski definition) is 4. The van der Waals surface area contributed by atoms with Gasteiger partial charge in [0.2, 0.25) is 0 Å². The molecule has 0 aromatic heterocycles. The summed E-state index contributed by atoms with van der Waals surface area (Å²) in [5, 5.41) is 9.46. The van der Waals surface area contributed by atoms with Crippen molar-refractivity contribution < 1.29 is 18.3 Å². The average molecular weight is 311 g/mol. The van der Waals surface area contributed by atoms with Crippen molar-refractivity contribution >= 4 is 15.7 Å². The smallest absolute Gasteiger partial charge is 0.254 e. The Morgan fingerprint density at radius 2 is 1.90 bits per heavy atom. The molecule has 1 atom stereocenters. The van der Waals surface area contributed by atoms with Crippen LogP contribution in [0.25, 0.3) is 0 Å². The second-order valence-electron chi connectivity index (χ2n) is 5.48. The topological polar surface area (TPSA) is 74.7 Å². The van der Waals surface area contributed by atoms with Crippen LogP contribution < -0.4 is 0 Å². The van der Waals surface area contributed by atoms with Gasteiger partial charge in [0.1, 0.15) is 0 Å². The first-order valence-corrected chi connectivity index (χ1v) is 9.04. The van der Waals surface area contributed by atoms with E-state index in [1.54, 1.807) is 4.90 Å². The van der Waals surface area contributed by atoms with E-state index in [2.05, 4.69) is 0 Å². The summed E-state index contributed by atoms with van der Waals surface area (Å²) >= 11 is 0. The van der Waals surface area contributed by atoms with Gasteiger partial charge in [-0.15, -0.1) is 0 Å². The van der Waals surface area contributed by atoms with E-state index in [1.807, 2.05) is 0 Å². The number of hydrogen-bond donors (Lipinski definition) is 1. The van der Waals surface area contributed by atoms with Gasteiger partial charge in [0.05, 0.1) is 17.5 Å². The van der Waals surface area contributed by atoms with E-state index in [0.29, 0.717) is 12.1 Å². The van der Waals surface area contributed by atoms with Crippen LogP contribution in [0.15, 0.2) is 29.2 Å². The molecule has 0 bridgehead atoms.